The van der Waals surface area contributed by atoms with Gasteiger partial charge in [0.15, 0.2) is 0 Å². The lowest BCUT2D eigenvalue weighted by Crippen LogP contribution is -2.19. The van der Waals surface area contributed by atoms with Gasteiger partial charge in [0.2, 0.25) is 0 Å². The first-order chi connectivity index (χ1) is 10.0. The van der Waals surface area contributed by atoms with Crippen molar-refractivity contribution in [2.24, 2.45) is 11.8 Å². The van der Waals surface area contributed by atoms with E-state index in [9.17, 15) is 4.79 Å². The third kappa shape index (κ3) is 10.5. The van der Waals surface area contributed by atoms with Gasteiger partial charge in [0.05, 0.1) is 12.7 Å². The monoisotopic (exact) mass is 298 g/mol. The molecule has 0 amide bonds. The maximum Gasteiger partial charge on any atom is 0.305 e. The van der Waals surface area contributed by atoms with Crippen molar-refractivity contribution in [1.29, 1.82) is 0 Å². The number of ether oxygens (including phenoxy) is 2. The lowest BCUT2D eigenvalue weighted by Gasteiger charge is -2.20. The topological polar surface area (TPSA) is 35.5 Å². The summed E-state index contributed by atoms with van der Waals surface area (Å²) >= 11 is 0. The minimum Gasteiger partial charge on any atom is -0.465 e. The number of hydrogen-bond donors (Lipinski definition) is 0. The third-order valence-corrected chi connectivity index (χ3v) is 3.99. The molecule has 0 rings (SSSR count). The van der Waals surface area contributed by atoms with E-state index in [0.717, 1.165) is 38.5 Å². The molecule has 0 bridgehead atoms. The van der Waals surface area contributed by atoms with E-state index in [0.29, 0.717) is 24.9 Å². The molecule has 124 valence electrons. The molecule has 2 unspecified atom stereocenters. The number of rotatable bonds is 13. The van der Waals surface area contributed by atoms with E-state index < -0.39 is 0 Å². The second-order valence-corrected chi connectivity index (χ2v) is 6.09. The maximum absolute atomic E-state index is 11.8. The highest BCUT2D eigenvalue weighted by atomic mass is 16.5. The summed E-state index contributed by atoms with van der Waals surface area (Å²) < 4.78 is 10.8. The molecule has 0 heterocycles. The molecule has 0 aliphatic carbocycles. The SMILES string of the molecule is C=CCCC(CCCC(=O)OCC(CCC)C(C)C)OC. The van der Waals surface area contributed by atoms with Crippen LogP contribution in [0.4, 0.5) is 0 Å². The molecule has 2 atom stereocenters. The number of carbonyl (C=O) groups is 1. The van der Waals surface area contributed by atoms with Gasteiger partial charge in [-0.05, 0) is 43.9 Å². The van der Waals surface area contributed by atoms with Crippen molar-refractivity contribution >= 4 is 5.97 Å². The summed E-state index contributed by atoms with van der Waals surface area (Å²) in [7, 11) is 1.73. The molecule has 0 N–H and O–H groups in total. The molecule has 0 fully saturated rings. The van der Waals surface area contributed by atoms with Crippen molar-refractivity contribution in [2.45, 2.75) is 71.8 Å². The van der Waals surface area contributed by atoms with E-state index in [1.54, 1.807) is 7.11 Å². The highest BCUT2D eigenvalue weighted by Crippen LogP contribution is 2.18. The Morgan fingerprint density at radius 1 is 1.24 bits per heavy atom. The van der Waals surface area contributed by atoms with Gasteiger partial charge in [0.25, 0.3) is 0 Å². The van der Waals surface area contributed by atoms with Gasteiger partial charge >= 0.3 is 5.97 Å². The Hall–Kier alpha value is -0.830. The lowest BCUT2D eigenvalue weighted by molar-refractivity contribution is -0.145. The molecular formula is C18H34O3. The maximum atomic E-state index is 11.8. The minimum atomic E-state index is -0.0738. The van der Waals surface area contributed by atoms with Crippen LogP contribution in [0.25, 0.3) is 0 Å². The Bertz CT molecular complexity index is 274. The molecule has 21 heavy (non-hydrogen) atoms. The predicted molar refractivity (Wildman–Crippen MR) is 88.3 cm³/mol. The van der Waals surface area contributed by atoms with Crippen LogP contribution in [-0.2, 0) is 14.3 Å². The minimum absolute atomic E-state index is 0.0738. The molecule has 0 saturated carbocycles. The van der Waals surface area contributed by atoms with Crippen LogP contribution < -0.4 is 0 Å². The van der Waals surface area contributed by atoms with Crippen LogP contribution in [0.3, 0.4) is 0 Å². The van der Waals surface area contributed by atoms with Crippen molar-refractivity contribution in [3.05, 3.63) is 12.7 Å². The molecule has 0 aromatic rings. The Kier molecular flexibility index (Phi) is 12.4. The van der Waals surface area contributed by atoms with Crippen molar-refractivity contribution in [3.63, 3.8) is 0 Å². The number of allylic oxidation sites excluding steroid dienone is 1. The standard InChI is InChI=1S/C18H34O3/c1-6-8-11-17(20-5)12-9-13-18(19)21-14-16(10-7-2)15(3)4/h6,15-17H,1,7-14H2,2-5H3. The molecule has 0 spiro atoms. The quantitative estimate of drug-likeness (QED) is 0.363. The van der Waals surface area contributed by atoms with Crippen molar-refractivity contribution < 1.29 is 14.3 Å². The number of carbonyl (C=O) groups excluding carboxylic acids is 1. The molecule has 0 saturated heterocycles. The lowest BCUT2D eigenvalue weighted by atomic mass is 9.92. The molecule has 0 radical (unpaired) electrons. The van der Waals surface area contributed by atoms with Crippen molar-refractivity contribution in [3.8, 4) is 0 Å². The molecule has 0 aliphatic rings. The summed E-state index contributed by atoms with van der Waals surface area (Å²) in [5.74, 6) is 0.975. The number of esters is 1. The number of hydrogen-bond acceptors (Lipinski definition) is 3. The average Bonchev–Trinajstić information content (AvgIpc) is 2.46. The van der Waals surface area contributed by atoms with Gasteiger partial charge in [-0.2, -0.15) is 0 Å². The predicted octanol–water partition coefficient (Wildman–Crippen LogP) is 4.75. The highest BCUT2D eigenvalue weighted by Gasteiger charge is 2.15. The van der Waals surface area contributed by atoms with E-state index >= 15 is 0 Å². The second kappa shape index (κ2) is 12.9. The first kappa shape index (κ1) is 20.2. The van der Waals surface area contributed by atoms with Gasteiger partial charge in [-0.1, -0.05) is 33.3 Å². The van der Waals surface area contributed by atoms with E-state index in [2.05, 4.69) is 27.4 Å². The zero-order valence-electron chi connectivity index (χ0n) is 14.4. The van der Waals surface area contributed by atoms with Crippen LogP contribution in [0, 0.1) is 11.8 Å². The summed E-state index contributed by atoms with van der Waals surface area (Å²) in [5, 5.41) is 0. The molecule has 0 aromatic carbocycles. The average molecular weight is 298 g/mol. The van der Waals surface area contributed by atoms with Gasteiger partial charge in [-0.25, -0.2) is 0 Å². The van der Waals surface area contributed by atoms with Crippen LogP contribution in [0.2, 0.25) is 0 Å². The second-order valence-electron chi connectivity index (χ2n) is 6.09. The van der Waals surface area contributed by atoms with E-state index in [1.807, 2.05) is 6.08 Å². The van der Waals surface area contributed by atoms with Gasteiger partial charge < -0.3 is 9.47 Å². The fourth-order valence-electron chi connectivity index (χ4n) is 2.41. The van der Waals surface area contributed by atoms with Crippen LogP contribution >= 0.6 is 0 Å². The summed E-state index contributed by atoms with van der Waals surface area (Å²) in [5.41, 5.74) is 0. The van der Waals surface area contributed by atoms with Crippen LogP contribution in [0.1, 0.15) is 65.7 Å². The van der Waals surface area contributed by atoms with Crippen molar-refractivity contribution in [2.75, 3.05) is 13.7 Å². The van der Waals surface area contributed by atoms with E-state index in [4.69, 9.17) is 9.47 Å². The molecule has 3 heteroatoms. The van der Waals surface area contributed by atoms with Crippen LogP contribution in [0.5, 0.6) is 0 Å². The Morgan fingerprint density at radius 3 is 2.48 bits per heavy atom. The summed E-state index contributed by atoms with van der Waals surface area (Å²) in [6, 6.07) is 0. The largest absolute Gasteiger partial charge is 0.465 e. The van der Waals surface area contributed by atoms with Gasteiger partial charge in [-0.3, -0.25) is 4.79 Å². The van der Waals surface area contributed by atoms with Crippen molar-refractivity contribution in [1.82, 2.24) is 0 Å². The Morgan fingerprint density at radius 2 is 1.95 bits per heavy atom. The molecular weight excluding hydrogens is 264 g/mol. The zero-order chi connectivity index (χ0) is 16.1. The highest BCUT2D eigenvalue weighted by molar-refractivity contribution is 5.69. The number of methoxy groups -OCH3 is 1. The summed E-state index contributed by atoms with van der Waals surface area (Å²) in [6.45, 7) is 10.8. The summed E-state index contributed by atoms with van der Waals surface area (Å²) in [6.07, 6.45) is 8.54. The molecule has 0 aliphatic heterocycles. The zero-order valence-corrected chi connectivity index (χ0v) is 14.4. The molecule has 3 nitrogen and oxygen atoms in total. The first-order valence-electron chi connectivity index (χ1n) is 8.34. The third-order valence-electron chi connectivity index (χ3n) is 3.99. The molecule has 0 aromatic heterocycles. The van der Waals surface area contributed by atoms with Gasteiger partial charge in [0, 0.05) is 13.5 Å². The van der Waals surface area contributed by atoms with Crippen LogP contribution in [-0.4, -0.2) is 25.8 Å². The fourth-order valence-corrected chi connectivity index (χ4v) is 2.41. The Balaban J connectivity index is 3.85. The normalized spacial score (nSPS) is 14.0. The summed E-state index contributed by atoms with van der Waals surface area (Å²) in [4.78, 5) is 11.8. The fraction of sp³-hybridized carbons (Fsp3) is 0.833. The van der Waals surface area contributed by atoms with E-state index in [-0.39, 0.29) is 12.1 Å². The Labute approximate surface area is 131 Å². The van der Waals surface area contributed by atoms with E-state index in [1.165, 1.54) is 0 Å². The first-order valence-corrected chi connectivity index (χ1v) is 8.34. The smallest absolute Gasteiger partial charge is 0.305 e. The van der Waals surface area contributed by atoms with Gasteiger partial charge in [0.1, 0.15) is 0 Å². The van der Waals surface area contributed by atoms with Gasteiger partial charge in [-0.15, -0.1) is 6.58 Å². The van der Waals surface area contributed by atoms with Crippen LogP contribution in [0.15, 0.2) is 12.7 Å².